The van der Waals surface area contributed by atoms with Crippen LogP contribution in [0.5, 0.6) is 0 Å². The van der Waals surface area contributed by atoms with Gasteiger partial charge in [0.25, 0.3) is 0 Å². The summed E-state index contributed by atoms with van der Waals surface area (Å²) < 4.78 is 0. The van der Waals surface area contributed by atoms with Gasteiger partial charge in [-0.15, -0.1) is 11.8 Å². The first kappa shape index (κ1) is 20.8. The zero-order chi connectivity index (χ0) is 20.6. The number of hydrogen-bond acceptors (Lipinski definition) is 7. The molecule has 4 rings (SSSR count). The first-order chi connectivity index (χ1) is 13.8. The van der Waals surface area contributed by atoms with Crippen LogP contribution in [-0.2, 0) is 4.79 Å². The van der Waals surface area contributed by atoms with Gasteiger partial charge in [0.15, 0.2) is 0 Å². The summed E-state index contributed by atoms with van der Waals surface area (Å²) in [5.74, 6) is 2.84. The minimum atomic E-state index is -0.0720. The minimum absolute atomic E-state index is 0.0132. The molecule has 7 heteroatoms. The van der Waals surface area contributed by atoms with Crippen LogP contribution in [0.15, 0.2) is 11.1 Å². The fraction of sp³-hybridized carbons (Fsp3) is 0.727. The Morgan fingerprint density at radius 3 is 2.48 bits per heavy atom. The molecule has 0 bridgehead atoms. The van der Waals surface area contributed by atoms with Crippen LogP contribution in [0.3, 0.4) is 0 Å². The van der Waals surface area contributed by atoms with Gasteiger partial charge in [0.2, 0.25) is 5.95 Å². The highest BCUT2D eigenvalue weighted by Crippen LogP contribution is 2.35. The largest absolute Gasteiger partial charge is 0.341 e. The molecule has 29 heavy (non-hydrogen) atoms. The molecule has 3 unspecified atom stereocenters. The number of carbonyl (C=O) groups is 1. The molecular formula is C22H33N5OS. The zero-order valence-corrected chi connectivity index (χ0v) is 18.9. The molecule has 4 heterocycles. The van der Waals surface area contributed by atoms with Gasteiger partial charge in [-0.2, -0.15) is 0 Å². The molecule has 3 aliphatic heterocycles. The number of nitrogens with one attached hydrogen (secondary N) is 1. The second-order valence-corrected chi connectivity index (χ2v) is 10.3. The molecule has 158 valence electrons. The molecule has 3 aliphatic rings. The van der Waals surface area contributed by atoms with E-state index < -0.39 is 0 Å². The number of aliphatic imine (C=N–C) groups is 1. The average Bonchev–Trinajstić information content (AvgIpc) is 3.03. The van der Waals surface area contributed by atoms with Crippen LogP contribution in [0.4, 0.5) is 5.95 Å². The number of aryl methyl sites for hydroxylation is 2. The Balaban J connectivity index is 1.34. The second-order valence-electron chi connectivity index (χ2n) is 9.17. The van der Waals surface area contributed by atoms with Crippen molar-refractivity contribution in [3.8, 4) is 0 Å². The van der Waals surface area contributed by atoms with Crippen molar-refractivity contribution in [3.63, 3.8) is 0 Å². The first-order valence-electron chi connectivity index (χ1n) is 10.9. The summed E-state index contributed by atoms with van der Waals surface area (Å²) in [5, 5.41) is 4.87. The summed E-state index contributed by atoms with van der Waals surface area (Å²) in [4.78, 5) is 29.0. The molecule has 0 amide bonds. The van der Waals surface area contributed by atoms with Crippen molar-refractivity contribution in [2.45, 2.75) is 77.4 Å². The maximum absolute atomic E-state index is 12.6. The number of hydrogen-bond donors (Lipinski definition) is 1. The Morgan fingerprint density at radius 1 is 1.17 bits per heavy atom. The molecule has 0 radical (unpaired) electrons. The van der Waals surface area contributed by atoms with Crippen molar-refractivity contribution in [1.82, 2.24) is 15.3 Å². The summed E-state index contributed by atoms with van der Waals surface area (Å²) in [6, 6.07) is 2.31. The Morgan fingerprint density at radius 2 is 1.86 bits per heavy atom. The molecule has 0 spiro atoms. The van der Waals surface area contributed by atoms with Crippen LogP contribution in [-0.4, -0.2) is 57.3 Å². The number of aromatic nitrogens is 2. The molecule has 1 aromatic heterocycles. The topological polar surface area (TPSA) is 70.5 Å². The number of piperidine rings is 2. The van der Waals surface area contributed by atoms with Gasteiger partial charge in [-0.1, -0.05) is 0 Å². The van der Waals surface area contributed by atoms with Crippen molar-refractivity contribution in [2.75, 3.05) is 23.7 Å². The quantitative estimate of drug-likeness (QED) is 0.814. The number of thioether (sulfide) groups is 1. The molecule has 3 atom stereocenters. The van der Waals surface area contributed by atoms with Gasteiger partial charge in [0, 0.05) is 42.7 Å². The highest BCUT2D eigenvalue weighted by Gasteiger charge is 2.42. The fourth-order valence-corrected chi connectivity index (χ4v) is 6.01. The molecule has 6 nitrogen and oxygen atoms in total. The third kappa shape index (κ3) is 4.66. The lowest BCUT2D eigenvalue weighted by atomic mass is 9.81. The monoisotopic (exact) mass is 415 g/mol. The minimum Gasteiger partial charge on any atom is -0.341 e. The van der Waals surface area contributed by atoms with Crippen molar-refractivity contribution in [3.05, 3.63) is 17.5 Å². The smallest absolute Gasteiger partial charge is 0.225 e. The maximum atomic E-state index is 12.6. The summed E-state index contributed by atoms with van der Waals surface area (Å²) in [6.45, 7) is 10.3. The van der Waals surface area contributed by atoms with E-state index in [2.05, 4.69) is 34.0 Å². The molecule has 0 aliphatic carbocycles. The van der Waals surface area contributed by atoms with E-state index in [9.17, 15) is 4.79 Å². The summed E-state index contributed by atoms with van der Waals surface area (Å²) in [6.07, 6.45) is 4.73. The number of ketones is 1. The molecule has 1 aromatic rings. The van der Waals surface area contributed by atoms with Crippen LogP contribution >= 0.6 is 11.8 Å². The van der Waals surface area contributed by atoms with E-state index in [4.69, 9.17) is 4.99 Å². The van der Waals surface area contributed by atoms with E-state index in [1.807, 2.05) is 31.7 Å². The molecule has 0 aromatic carbocycles. The van der Waals surface area contributed by atoms with Gasteiger partial charge >= 0.3 is 0 Å². The summed E-state index contributed by atoms with van der Waals surface area (Å²) in [7, 11) is 0. The lowest BCUT2D eigenvalue weighted by molar-refractivity contribution is -0.123. The molecule has 0 saturated carbocycles. The number of nitrogens with zero attached hydrogens (tertiary/aromatic N) is 4. The van der Waals surface area contributed by atoms with Crippen LogP contribution in [0.2, 0.25) is 0 Å². The Labute approximate surface area is 178 Å². The second kappa shape index (κ2) is 8.34. The van der Waals surface area contributed by atoms with Crippen LogP contribution in [0, 0.1) is 19.8 Å². The van der Waals surface area contributed by atoms with E-state index in [0.717, 1.165) is 61.9 Å². The number of Topliss-reactive ketones (excluding diaryl/α,β-unsaturated/α-hetero) is 1. The van der Waals surface area contributed by atoms with E-state index in [1.165, 1.54) is 5.04 Å². The van der Waals surface area contributed by atoms with E-state index >= 15 is 0 Å². The van der Waals surface area contributed by atoms with Gasteiger partial charge in [0.1, 0.15) is 5.78 Å². The van der Waals surface area contributed by atoms with Crippen LogP contribution in [0.1, 0.15) is 57.3 Å². The Kier molecular flexibility index (Phi) is 5.98. The third-order valence-corrected chi connectivity index (χ3v) is 7.88. The molecular weight excluding hydrogens is 382 g/mol. The Bertz CT molecular complexity index is 784. The van der Waals surface area contributed by atoms with Crippen molar-refractivity contribution in [2.24, 2.45) is 10.9 Å². The SMILES string of the molecule is CC1=NC(C)(C2CCC(=O)C(CC3CCN(c4nc(C)cc(C)n4)CC3)N2)CS1. The number of rotatable bonds is 4. The molecule has 2 fully saturated rings. The molecule has 1 N–H and O–H groups in total. The normalized spacial score (nSPS) is 31.2. The van der Waals surface area contributed by atoms with E-state index in [1.54, 1.807) is 0 Å². The van der Waals surface area contributed by atoms with E-state index in [-0.39, 0.29) is 11.6 Å². The standard InChI is InChI=1S/C22H33N5OS/c1-14-11-15(2)24-21(23-14)27-9-7-17(8-10-27)12-18-19(28)5-6-20(25-18)22(4)13-29-16(3)26-22/h11,17-18,20,25H,5-10,12-13H2,1-4H3. The van der Waals surface area contributed by atoms with Crippen molar-refractivity contribution >= 4 is 28.5 Å². The van der Waals surface area contributed by atoms with Crippen LogP contribution < -0.4 is 10.2 Å². The highest BCUT2D eigenvalue weighted by molar-refractivity contribution is 8.14. The molecule has 2 saturated heterocycles. The van der Waals surface area contributed by atoms with Gasteiger partial charge in [0.05, 0.1) is 16.6 Å². The average molecular weight is 416 g/mol. The van der Waals surface area contributed by atoms with Gasteiger partial charge in [-0.05, 0) is 65.4 Å². The Hall–Kier alpha value is -1.47. The van der Waals surface area contributed by atoms with Gasteiger partial charge in [-0.25, -0.2) is 9.97 Å². The predicted molar refractivity (Wildman–Crippen MR) is 120 cm³/mol. The fourth-order valence-electron chi connectivity index (χ4n) is 4.97. The van der Waals surface area contributed by atoms with Crippen LogP contribution in [0.25, 0.3) is 0 Å². The van der Waals surface area contributed by atoms with Crippen molar-refractivity contribution in [1.29, 1.82) is 0 Å². The third-order valence-electron chi connectivity index (χ3n) is 6.64. The van der Waals surface area contributed by atoms with E-state index in [0.29, 0.717) is 24.2 Å². The summed E-state index contributed by atoms with van der Waals surface area (Å²) >= 11 is 1.84. The summed E-state index contributed by atoms with van der Waals surface area (Å²) in [5.41, 5.74) is 1.97. The lowest BCUT2D eigenvalue weighted by Gasteiger charge is -2.40. The number of anilines is 1. The maximum Gasteiger partial charge on any atom is 0.225 e. The van der Waals surface area contributed by atoms with Crippen molar-refractivity contribution < 1.29 is 4.79 Å². The lowest BCUT2D eigenvalue weighted by Crippen LogP contribution is -2.58. The van der Waals surface area contributed by atoms with Gasteiger partial charge in [-0.3, -0.25) is 9.79 Å². The van der Waals surface area contributed by atoms with Gasteiger partial charge < -0.3 is 10.2 Å². The zero-order valence-electron chi connectivity index (χ0n) is 18.1. The highest BCUT2D eigenvalue weighted by atomic mass is 32.2. The first-order valence-corrected chi connectivity index (χ1v) is 11.9. The number of carbonyl (C=O) groups excluding carboxylic acids is 1. The predicted octanol–water partition coefficient (Wildman–Crippen LogP) is 3.31.